The minimum Gasteiger partial charge on any atom is -0.481 e. The Bertz CT molecular complexity index is 550. The highest BCUT2D eigenvalue weighted by Crippen LogP contribution is 2.25. The van der Waals surface area contributed by atoms with Crippen molar-refractivity contribution >= 4 is 28.6 Å². The van der Waals surface area contributed by atoms with Crippen LogP contribution in [0.1, 0.15) is 12.0 Å². The average molecular weight is 240 g/mol. The van der Waals surface area contributed by atoms with Gasteiger partial charge in [-0.3, -0.25) is 4.79 Å². The third-order valence-corrected chi connectivity index (χ3v) is 2.83. The number of aryl methyl sites for hydroxylation is 2. The lowest BCUT2D eigenvalue weighted by molar-refractivity contribution is -0.136. The fourth-order valence-corrected chi connectivity index (χ4v) is 1.84. The molecule has 0 amide bonds. The summed E-state index contributed by atoms with van der Waals surface area (Å²) >= 11 is 6.13. The molecule has 0 atom stereocenters. The van der Waals surface area contributed by atoms with E-state index in [2.05, 4.69) is 10.3 Å². The van der Waals surface area contributed by atoms with Crippen molar-refractivity contribution in [2.75, 3.05) is 0 Å². The number of aromatic nitrogens is 3. The fraction of sp³-hybridized carbons (Fsp3) is 0.300. The molecule has 0 aliphatic carbocycles. The molecule has 6 heteroatoms. The lowest BCUT2D eigenvalue weighted by Gasteiger charge is -2.02. The van der Waals surface area contributed by atoms with Crippen molar-refractivity contribution in [1.29, 1.82) is 0 Å². The van der Waals surface area contributed by atoms with Crippen LogP contribution in [0.2, 0.25) is 5.02 Å². The first kappa shape index (κ1) is 10.9. The standard InChI is InChI=1S/C10H10ClN3O2/c1-14-7-4-2-6(3-5-8(15)16)9(11)10(7)12-13-14/h2,4H,3,5H2,1H3,(H,15,16). The van der Waals surface area contributed by atoms with E-state index in [9.17, 15) is 4.79 Å². The maximum Gasteiger partial charge on any atom is 0.303 e. The van der Waals surface area contributed by atoms with Crippen LogP contribution in [0.25, 0.3) is 11.0 Å². The largest absolute Gasteiger partial charge is 0.481 e. The van der Waals surface area contributed by atoms with Gasteiger partial charge in [0.2, 0.25) is 0 Å². The molecule has 0 saturated heterocycles. The van der Waals surface area contributed by atoms with E-state index < -0.39 is 5.97 Å². The average Bonchev–Trinajstić information content (AvgIpc) is 2.60. The number of fused-ring (bicyclic) bond motifs is 1. The van der Waals surface area contributed by atoms with Gasteiger partial charge in [-0.05, 0) is 18.1 Å². The number of halogens is 1. The van der Waals surface area contributed by atoms with Crippen LogP contribution in [0, 0.1) is 0 Å². The third kappa shape index (κ3) is 1.86. The van der Waals surface area contributed by atoms with Crippen LogP contribution in [-0.2, 0) is 18.3 Å². The Morgan fingerprint density at radius 1 is 1.56 bits per heavy atom. The zero-order chi connectivity index (χ0) is 11.7. The molecule has 0 radical (unpaired) electrons. The molecular formula is C10H10ClN3O2. The second kappa shape index (κ2) is 4.09. The molecule has 0 spiro atoms. The second-order valence-electron chi connectivity index (χ2n) is 3.51. The van der Waals surface area contributed by atoms with Crippen LogP contribution in [0.4, 0.5) is 0 Å². The maximum atomic E-state index is 10.5. The zero-order valence-electron chi connectivity index (χ0n) is 8.64. The van der Waals surface area contributed by atoms with Gasteiger partial charge in [-0.1, -0.05) is 22.9 Å². The summed E-state index contributed by atoms with van der Waals surface area (Å²) in [6.07, 6.45) is 0.464. The zero-order valence-corrected chi connectivity index (χ0v) is 9.40. The van der Waals surface area contributed by atoms with Crippen molar-refractivity contribution in [3.05, 3.63) is 22.7 Å². The van der Waals surface area contributed by atoms with Gasteiger partial charge in [0, 0.05) is 13.5 Å². The van der Waals surface area contributed by atoms with Crippen LogP contribution in [0.3, 0.4) is 0 Å². The first-order valence-electron chi connectivity index (χ1n) is 4.78. The van der Waals surface area contributed by atoms with Crippen molar-refractivity contribution in [3.63, 3.8) is 0 Å². The Morgan fingerprint density at radius 2 is 2.31 bits per heavy atom. The molecule has 0 unspecified atom stereocenters. The summed E-state index contributed by atoms with van der Waals surface area (Å²) < 4.78 is 1.63. The predicted octanol–water partition coefficient (Wildman–Crippen LogP) is 1.64. The van der Waals surface area contributed by atoms with Crippen LogP contribution in [0.15, 0.2) is 12.1 Å². The number of hydrogen-bond donors (Lipinski definition) is 1. The molecule has 84 valence electrons. The second-order valence-corrected chi connectivity index (χ2v) is 3.89. The fourth-order valence-electron chi connectivity index (χ4n) is 1.55. The van der Waals surface area contributed by atoms with E-state index in [0.717, 1.165) is 11.1 Å². The Kier molecular flexibility index (Phi) is 2.78. The quantitative estimate of drug-likeness (QED) is 0.884. The molecule has 5 nitrogen and oxygen atoms in total. The minimum absolute atomic E-state index is 0.0610. The van der Waals surface area contributed by atoms with Gasteiger partial charge in [0.25, 0.3) is 0 Å². The molecular weight excluding hydrogens is 230 g/mol. The first-order chi connectivity index (χ1) is 7.59. The highest BCUT2D eigenvalue weighted by atomic mass is 35.5. The molecule has 1 aromatic carbocycles. The molecule has 1 heterocycles. The highest BCUT2D eigenvalue weighted by Gasteiger charge is 2.11. The van der Waals surface area contributed by atoms with Crippen molar-refractivity contribution in [1.82, 2.24) is 15.0 Å². The van der Waals surface area contributed by atoms with Crippen LogP contribution in [-0.4, -0.2) is 26.1 Å². The Labute approximate surface area is 96.6 Å². The van der Waals surface area contributed by atoms with Crippen molar-refractivity contribution in [3.8, 4) is 0 Å². The molecule has 1 aromatic heterocycles. The summed E-state index contributed by atoms with van der Waals surface area (Å²) in [4.78, 5) is 10.5. The third-order valence-electron chi connectivity index (χ3n) is 2.41. The normalized spacial score (nSPS) is 10.9. The lowest BCUT2D eigenvalue weighted by atomic mass is 10.1. The van der Waals surface area contributed by atoms with Crippen molar-refractivity contribution in [2.24, 2.45) is 7.05 Å². The Morgan fingerprint density at radius 3 is 3.00 bits per heavy atom. The lowest BCUT2D eigenvalue weighted by Crippen LogP contribution is -1.98. The van der Waals surface area contributed by atoms with Crippen molar-refractivity contribution < 1.29 is 9.90 Å². The topological polar surface area (TPSA) is 68.0 Å². The number of hydrogen-bond acceptors (Lipinski definition) is 3. The summed E-state index contributed by atoms with van der Waals surface area (Å²) in [5, 5.41) is 16.9. The molecule has 0 aliphatic rings. The van der Waals surface area contributed by atoms with Crippen LogP contribution >= 0.6 is 11.6 Å². The first-order valence-corrected chi connectivity index (χ1v) is 5.16. The molecule has 2 rings (SSSR count). The predicted molar refractivity (Wildman–Crippen MR) is 59.5 cm³/mol. The van der Waals surface area contributed by atoms with Crippen LogP contribution in [0.5, 0.6) is 0 Å². The molecule has 2 aromatic rings. The van der Waals surface area contributed by atoms with Gasteiger partial charge in [-0.15, -0.1) is 5.10 Å². The van der Waals surface area contributed by atoms with Crippen molar-refractivity contribution in [2.45, 2.75) is 12.8 Å². The van der Waals surface area contributed by atoms with Crippen LogP contribution < -0.4 is 0 Å². The van der Waals surface area contributed by atoms with E-state index in [1.54, 1.807) is 11.7 Å². The number of aliphatic carboxylic acids is 1. The van der Waals surface area contributed by atoms with E-state index in [-0.39, 0.29) is 6.42 Å². The molecule has 0 fully saturated rings. The Hall–Kier alpha value is -1.62. The summed E-state index contributed by atoms with van der Waals surface area (Å²) in [7, 11) is 1.78. The van der Waals surface area contributed by atoms with Gasteiger partial charge < -0.3 is 5.11 Å². The molecule has 0 bridgehead atoms. The van der Waals surface area contributed by atoms with E-state index >= 15 is 0 Å². The summed E-state index contributed by atoms with van der Waals surface area (Å²) in [6, 6.07) is 3.66. The van der Waals surface area contributed by atoms with E-state index in [0.29, 0.717) is 17.0 Å². The smallest absolute Gasteiger partial charge is 0.303 e. The van der Waals surface area contributed by atoms with Gasteiger partial charge in [0.1, 0.15) is 5.52 Å². The SMILES string of the molecule is Cn1nnc2c(Cl)c(CCC(=O)O)ccc21. The van der Waals surface area contributed by atoms with E-state index in [1.165, 1.54) is 0 Å². The summed E-state index contributed by atoms with van der Waals surface area (Å²) in [5.41, 5.74) is 2.24. The minimum atomic E-state index is -0.838. The number of carbonyl (C=O) groups is 1. The Balaban J connectivity index is 2.40. The van der Waals surface area contributed by atoms with E-state index in [4.69, 9.17) is 16.7 Å². The van der Waals surface area contributed by atoms with Gasteiger partial charge in [-0.2, -0.15) is 0 Å². The number of carboxylic acid groups (broad SMARTS) is 1. The number of benzene rings is 1. The highest BCUT2D eigenvalue weighted by molar-refractivity contribution is 6.35. The van der Waals surface area contributed by atoms with Gasteiger partial charge in [0.05, 0.1) is 10.5 Å². The summed E-state index contributed by atoms with van der Waals surface area (Å²) in [6.45, 7) is 0. The molecule has 0 aliphatic heterocycles. The molecule has 0 saturated carbocycles. The van der Waals surface area contributed by atoms with Gasteiger partial charge >= 0.3 is 5.97 Å². The molecule has 16 heavy (non-hydrogen) atoms. The number of rotatable bonds is 3. The summed E-state index contributed by atoms with van der Waals surface area (Å²) in [5.74, 6) is -0.838. The van der Waals surface area contributed by atoms with E-state index in [1.807, 2.05) is 12.1 Å². The van der Waals surface area contributed by atoms with Gasteiger partial charge in [0.15, 0.2) is 0 Å². The monoisotopic (exact) mass is 239 g/mol. The molecule has 1 N–H and O–H groups in total. The number of carboxylic acids is 1. The van der Waals surface area contributed by atoms with Gasteiger partial charge in [-0.25, -0.2) is 4.68 Å². The maximum absolute atomic E-state index is 10.5. The number of nitrogens with zero attached hydrogens (tertiary/aromatic N) is 3.